The number of rotatable bonds is 6. The van der Waals surface area contributed by atoms with Crippen LogP contribution in [0.4, 0.5) is 0 Å². The molecule has 1 atom stereocenters. The molecule has 34 heavy (non-hydrogen) atoms. The highest BCUT2D eigenvalue weighted by atomic mass is 32.2. The minimum atomic E-state index is -0.290. The number of benzene rings is 2. The summed E-state index contributed by atoms with van der Waals surface area (Å²) in [7, 11) is 0. The number of piperazine rings is 1. The van der Waals surface area contributed by atoms with E-state index in [1.165, 1.54) is 17.3 Å². The van der Waals surface area contributed by atoms with Gasteiger partial charge in [-0.1, -0.05) is 67.1 Å². The number of para-hydroxylation sites is 1. The minimum absolute atomic E-state index is 0.0224. The summed E-state index contributed by atoms with van der Waals surface area (Å²) in [6.45, 7) is 6.08. The van der Waals surface area contributed by atoms with Crippen molar-refractivity contribution in [1.82, 2.24) is 19.4 Å². The van der Waals surface area contributed by atoms with Gasteiger partial charge < -0.3 is 4.90 Å². The molecule has 1 amide bonds. The Kier molecular flexibility index (Phi) is 7.02. The lowest BCUT2D eigenvalue weighted by molar-refractivity contribution is -0.132. The van der Waals surface area contributed by atoms with Crippen LogP contribution in [0.3, 0.4) is 0 Å². The van der Waals surface area contributed by atoms with Gasteiger partial charge in [0.2, 0.25) is 5.91 Å². The van der Waals surface area contributed by atoms with E-state index in [0.29, 0.717) is 16.1 Å². The van der Waals surface area contributed by atoms with Gasteiger partial charge in [-0.05, 0) is 37.5 Å². The summed E-state index contributed by atoms with van der Waals surface area (Å²) in [5.74, 6) is 0.129. The zero-order valence-corrected chi connectivity index (χ0v) is 20.5. The van der Waals surface area contributed by atoms with E-state index in [2.05, 4.69) is 29.2 Å². The van der Waals surface area contributed by atoms with E-state index in [1.54, 1.807) is 0 Å². The molecular weight excluding hydrogens is 444 g/mol. The Morgan fingerprint density at radius 1 is 1.00 bits per heavy atom. The number of hydrogen-bond donors (Lipinski definition) is 0. The Morgan fingerprint density at radius 2 is 1.68 bits per heavy atom. The highest BCUT2D eigenvalue weighted by molar-refractivity contribution is 8.00. The largest absolute Gasteiger partial charge is 0.339 e. The van der Waals surface area contributed by atoms with Crippen molar-refractivity contribution in [3.8, 4) is 0 Å². The van der Waals surface area contributed by atoms with Crippen LogP contribution in [0, 0.1) is 0 Å². The standard InChI is InChI=1S/C27H32N4O2S/c1-20(25(32)30-17-15-29(16-18-30)19-21-9-3-2-4-10-21)34-27-28-24-14-8-7-13-23(24)26(33)31(27)22-11-5-6-12-22/h2-4,7-10,13-14,20,22H,5-6,11-12,15-19H2,1H3/t20-/m1/s1. The second-order valence-corrected chi connectivity index (χ2v) is 10.7. The van der Waals surface area contributed by atoms with Crippen molar-refractivity contribution in [3.63, 3.8) is 0 Å². The van der Waals surface area contributed by atoms with Gasteiger partial charge in [-0.3, -0.25) is 19.1 Å². The maximum absolute atomic E-state index is 13.4. The van der Waals surface area contributed by atoms with Crippen molar-refractivity contribution in [2.24, 2.45) is 0 Å². The molecule has 0 unspecified atom stereocenters. The number of carbonyl (C=O) groups excluding carboxylic acids is 1. The summed E-state index contributed by atoms with van der Waals surface area (Å²) in [6, 6.07) is 18.2. The van der Waals surface area contributed by atoms with E-state index in [0.717, 1.165) is 58.4 Å². The van der Waals surface area contributed by atoms with Crippen LogP contribution in [0.25, 0.3) is 10.9 Å². The lowest BCUT2D eigenvalue weighted by Crippen LogP contribution is -2.50. The molecule has 5 rings (SSSR count). The molecular formula is C27H32N4O2S. The first-order valence-corrected chi connectivity index (χ1v) is 13.2. The van der Waals surface area contributed by atoms with Gasteiger partial charge in [0.05, 0.1) is 16.2 Å². The average Bonchev–Trinajstić information content (AvgIpc) is 3.39. The molecule has 0 spiro atoms. The topological polar surface area (TPSA) is 58.4 Å². The molecule has 0 N–H and O–H groups in total. The van der Waals surface area contributed by atoms with E-state index in [1.807, 2.05) is 46.7 Å². The minimum Gasteiger partial charge on any atom is -0.339 e. The van der Waals surface area contributed by atoms with E-state index in [4.69, 9.17) is 4.98 Å². The Bertz CT molecular complexity index is 1200. The Labute approximate surface area is 205 Å². The van der Waals surface area contributed by atoms with Gasteiger partial charge in [0.25, 0.3) is 5.56 Å². The smallest absolute Gasteiger partial charge is 0.262 e. The second-order valence-electron chi connectivity index (χ2n) is 9.37. The number of aromatic nitrogens is 2. The van der Waals surface area contributed by atoms with Crippen LogP contribution in [0.5, 0.6) is 0 Å². The Balaban J connectivity index is 1.29. The zero-order valence-electron chi connectivity index (χ0n) is 19.7. The van der Waals surface area contributed by atoms with Crippen LogP contribution in [0.15, 0.2) is 64.5 Å². The maximum Gasteiger partial charge on any atom is 0.262 e. The molecule has 2 aliphatic rings. The maximum atomic E-state index is 13.4. The van der Waals surface area contributed by atoms with Gasteiger partial charge in [0, 0.05) is 38.8 Å². The van der Waals surface area contributed by atoms with Crippen molar-refractivity contribution >= 4 is 28.6 Å². The Hall–Kier alpha value is -2.64. The predicted octanol–water partition coefficient (Wildman–Crippen LogP) is 4.34. The molecule has 3 aromatic rings. The summed E-state index contributed by atoms with van der Waals surface area (Å²) < 4.78 is 1.88. The molecule has 1 saturated heterocycles. The van der Waals surface area contributed by atoms with Crippen LogP contribution >= 0.6 is 11.8 Å². The normalized spacial score (nSPS) is 18.4. The fourth-order valence-electron chi connectivity index (χ4n) is 5.13. The van der Waals surface area contributed by atoms with Crippen LogP contribution in [0.2, 0.25) is 0 Å². The molecule has 7 heteroatoms. The van der Waals surface area contributed by atoms with Crippen LogP contribution < -0.4 is 5.56 Å². The predicted molar refractivity (Wildman–Crippen MR) is 137 cm³/mol. The van der Waals surface area contributed by atoms with Crippen molar-refractivity contribution in [3.05, 3.63) is 70.5 Å². The first kappa shape index (κ1) is 23.1. The molecule has 2 fully saturated rings. The third-order valence-electron chi connectivity index (χ3n) is 7.03. The molecule has 1 aliphatic carbocycles. The Morgan fingerprint density at radius 3 is 2.41 bits per heavy atom. The highest BCUT2D eigenvalue weighted by Crippen LogP contribution is 2.33. The summed E-state index contributed by atoms with van der Waals surface area (Å²) in [5.41, 5.74) is 2.03. The van der Waals surface area contributed by atoms with Gasteiger partial charge in [-0.25, -0.2) is 4.98 Å². The van der Waals surface area contributed by atoms with Crippen LogP contribution in [0.1, 0.15) is 44.2 Å². The molecule has 6 nitrogen and oxygen atoms in total. The molecule has 0 radical (unpaired) electrons. The fraction of sp³-hybridized carbons (Fsp3) is 0.444. The zero-order chi connectivity index (χ0) is 23.5. The van der Waals surface area contributed by atoms with E-state index < -0.39 is 0 Å². The third-order valence-corrected chi connectivity index (χ3v) is 8.08. The fourth-order valence-corrected chi connectivity index (χ4v) is 6.19. The molecule has 2 aromatic carbocycles. The summed E-state index contributed by atoms with van der Waals surface area (Å²) in [5, 5.41) is 1.05. The summed E-state index contributed by atoms with van der Waals surface area (Å²) >= 11 is 1.44. The van der Waals surface area contributed by atoms with Crippen molar-refractivity contribution < 1.29 is 4.79 Å². The molecule has 1 saturated carbocycles. The van der Waals surface area contributed by atoms with E-state index in [9.17, 15) is 9.59 Å². The van der Waals surface area contributed by atoms with Crippen molar-refractivity contribution in [2.75, 3.05) is 26.2 Å². The number of thioether (sulfide) groups is 1. The van der Waals surface area contributed by atoms with Gasteiger partial charge in [0.1, 0.15) is 0 Å². The van der Waals surface area contributed by atoms with Crippen LogP contribution in [-0.2, 0) is 11.3 Å². The van der Waals surface area contributed by atoms with Crippen molar-refractivity contribution in [2.45, 2.75) is 55.6 Å². The molecule has 1 aromatic heterocycles. The monoisotopic (exact) mass is 476 g/mol. The van der Waals surface area contributed by atoms with E-state index >= 15 is 0 Å². The van der Waals surface area contributed by atoms with E-state index in [-0.39, 0.29) is 22.8 Å². The molecule has 2 heterocycles. The van der Waals surface area contributed by atoms with Gasteiger partial charge in [-0.15, -0.1) is 0 Å². The quantitative estimate of drug-likeness (QED) is 0.391. The number of fused-ring (bicyclic) bond motifs is 1. The number of nitrogens with zero attached hydrogens (tertiary/aromatic N) is 4. The van der Waals surface area contributed by atoms with Crippen LogP contribution in [-0.4, -0.2) is 56.7 Å². The second kappa shape index (κ2) is 10.3. The highest BCUT2D eigenvalue weighted by Gasteiger charge is 2.29. The first-order chi connectivity index (χ1) is 16.6. The molecule has 178 valence electrons. The third kappa shape index (κ3) is 4.91. The lowest BCUT2D eigenvalue weighted by atomic mass is 10.2. The lowest BCUT2D eigenvalue weighted by Gasteiger charge is -2.36. The van der Waals surface area contributed by atoms with Gasteiger partial charge >= 0.3 is 0 Å². The number of carbonyl (C=O) groups is 1. The van der Waals surface area contributed by atoms with Crippen molar-refractivity contribution in [1.29, 1.82) is 0 Å². The first-order valence-electron chi connectivity index (χ1n) is 12.3. The summed E-state index contributed by atoms with van der Waals surface area (Å²) in [4.78, 5) is 35.9. The molecule has 1 aliphatic heterocycles. The van der Waals surface area contributed by atoms with Gasteiger partial charge in [0.15, 0.2) is 5.16 Å². The van der Waals surface area contributed by atoms with Gasteiger partial charge in [-0.2, -0.15) is 0 Å². The number of hydrogen-bond acceptors (Lipinski definition) is 5. The average molecular weight is 477 g/mol. The summed E-state index contributed by atoms with van der Waals surface area (Å²) in [6.07, 6.45) is 4.27. The molecule has 0 bridgehead atoms. The number of amides is 1. The SMILES string of the molecule is C[C@@H](Sc1nc2ccccc2c(=O)n1C1CCCC1)C(=O)N1CCN(Cc2ccccc2)CC1.